The topological polar surface area (TPSA) is 47.6 Å². The van der Waals surface area contributed by atoms with E-state index in [2.05, 4.69) is 33.4 Å². The van der Waals surface area contributed by atoms with Gasteiger partial charge in [-0.25, -0.2) is 0 Å². The molecule has 0 aliphatic carbocycles. The Balaban J connectivity index is 1.63. The molecule has 0 unspecified atom stereocenters. The molecule has 2 aromatic carbocycles. The summed E-state index contributed by atoms with van der Waals surface area (Å²) in [6.07, 6.45) is 1.52. The number of ether oxygens (including phenoxy) is 2. The van der Waals surface area contributed by atoms with Gasteiger partial charge in [0.2, 0.25) is 5.91 Å². The Hall–Kier alpha value is -1.69. The van der Waals surface area contributed by atoms with Crippen molar-refractivity contribution in [1.82, 2.24) is 5.32 Å². The van der Waals surface area contributed by atoms with E-state index in [1.165, 1.54) is 0 Å². The third kappa shape index (κ3) is 4.91. The van der Waals surface area contributed by atoms with E-state index in [0.717, 1.165) is 28.4 Å². The van der Waals surface area contributed by atoms with Gasteiger partial charge in [0, 0.05) is 17.7 Å². The predicted molar refractivity (Wildman–Crippen MR) is 100 cm³/mol. The Bertz CT molecular complexity index is 699. The number of nitrogens with one attached hydrogen (secondary N) is 1. The van der Waals surface area contributed by atoms with Crippen LogP contribution in [0.2, 0.25) is 0 Å². The van der Waals surface area contributed by atoms with Crippen molar-refractivity contribution in [3.8, 4) is 0 Å². The molecule has 0 aromatic heterocycles. The molecule has 0 radical (unpaired) electrons. The lowest BCUT2D eigenvalue weighted by atomic mass is 9.82. The van der Waals surface area contributed by atoms with Crippen molar-refractivity contribution in [3.05, 3.63) is 70.2 Å². The lowest BCUT2D eigenvalue weighted by Gasteiger charge is -2.38. The van der Waals surface area contributed by atoms with Gasteiger partial charge in [-0.3, -0.25) is 4.79 Å². The van der Waals surface area contributed by atoms with Crippen LogP contribution in [-0.4, -0.2) is 25.7 Å². The first-order chi connectivity index (χ1) is 12.2. The number of hydrogen-bond donors (Lipinski definition) is 1. The molecular formula is C20H22BrNO3. The van der Waals surface area contributed by atoms with Gasteiger partial charge in [-0.05, 0) is 36.1 Å². The van der Waals surface area contributed by atoms with E-state index >= 15 is 0 Å². The molecule has 1 aliphatic rings. The molecule has 1 aliphatic heterocycles. The smallest absolute Gasteiger partial charge is 0.246 e. The van der Waals surface area contributed by atoms with Crippen LogP contribution in [0.1, 0.15) is 24.0 Å². The maximum Gasteiger partial charge on any atom is 0.246 e. The molecule has 132 valence electrons. The van der Waals surface area contributed by atoms with Crippen LogP contribution in [0, 0.1) is 0 Å². The summed E-state index contributed by atoms with van der Waals surface area (Å²) in [5, 5.41) is 3.20. The number of benzene rings is 2. The fourth-order valence-electron chi connectivity index (χ4n) is 3.13. The Morgan fingerprint density at radius 2 is 1.88 bits per heavy atom. The van der Waals surface area contributed by atoms with Gasteiger partial charge >= 0.3 is 0 Å². The first kappa shape index (κ1) is 18.1. The van der Waals surface area contributed by atoms with E-state index in [1.54, 1.807) is 0 Å². The second-order valence-corrected chi connectivity index (χ2v) is 7.15. The second kappa shape index (κ2) is 8.61. The number of hydrogen-bond acceptors (Lipinski definition) is 3. The third-order valence-electron chi connectivity index (χ3n) is 4.45. The number of carbonyl (C=O) groups is 1. The fourth-order valence-corrected chi connectivity index (χ4v) is 3.53. The molecule has 1 fully saturated rings. The average Bonchev–Trinajstić information content (AvgIpc) is 2.63. The molecule has 3 rings (SSSR count). The highest BCUT2D eigenvalue weighted by atomic mass is 79.9. The number of amides is 1. The van der Waals surface area contributed by atoms with Crippen molar-refractivity contribution in [1.29, 1.82) is 0 Å². The van der Waals surface area contributed by atoms with Crippen LogP contribution < -0.4 is 5.32 Å². The minimum absolute atomic E-state index is 0.0471. The summed E-state index contributed by atoms with van der Waals surface area (Å²) in [5.74, 6) is -0.0993. The van der Waals surface area contributed by atoms with E-state index in [9.17, 15) is 4.79 Å². The Morgan fingerprint density at radius 1 is 1.12 bits per heavy atom. The van der Waals surface area contributed by atoms with Crippen LogP contribution >= 0.6 is 15.9 Å². The molecule has 1 saturated heterocycles. The third-order valence-corrected chi connectivity index (χ3v) is 4.94. The van der Waals surface area contributed by atoms with E-state index in [0.29, 0.717) is 19.8 Å². The van der Waals surface area contributed by atoms with E-state index in [1.807, 2.05) is 42.5 Å². The van der Waals surface area contributed by atoms with Crippen molar-refractivity contribution in [2.75, 3.05) is 19.8 Å². The highest BCUT2D eigenvalue weighted by Crippen LogP contribution is 2.33. The minimum Gasteiger partial charge on any atom is -0.381 e. The zero-order valence-corrected chi connectivity index (χ0v) is 15.6. The summed E-state index contributed by atoms with van der Waals surface area (Å²) in [6.45, 7) is 1.75. The summed E-state index contributed by atoms with van der Waals surface area (Å²) in [5.41, 5.74) is 1.76. The van der Waals surface area contributed by atoms with Crippen LogP contribution in [0.4, 0.5) is 0 Å². The lowest BCUT2D eigenvalue weighted by molar-refractivity contribution is -0.129. The minimum atomic E-state index is -0.394. The first-order valence-electron chi connectivity index (χ1n) is 8.44. The van der Waals surface area contributed by atoms with Crippen LogP contribution in [0.15, 0.2) is 59.1 Å². The summed E-state index contributed by atoms with van der Waals surface area (Å²) in [7, 11) is 0. The van der Waals surface area contributed by atoms with Gasteiger partial charge in [-0.15, -0.1) is 0 Å². The second-order valence-electron chi connectivity index (χ2n) is 6.23. The molecule has 2 aromatic rings. The molecular weight excluding hydrogens is 382 g/mol. The Kier molecular flexibility index (Phi) is 6.24. The highest BCUT2D eigenvalue weighted by Gasteiger charge is 2.36. The molecule has 1 amide bonds. The molecule has 0 saturated carbocycles. The van der Waals surface area contributed by atoms with Crippen molar-refractivity contribution in [2.24, 2.45) is 0 Å². The van der Waals surface area contributed by atoms with Crippen LogP contribution in [0.25, 0.3) is 0 Å². The molecule has 4 nitrogen and oxygen atoms in total. The predicted octanol–water partition coefficient (Wildman–Crippen LogP) is 3.79. The fraction of sp³-hybridized carbons (Fsp3) is 0.350. The molecule has 1 heterocycles. The van der Waals surface area contributed by atoms with Gasteiger partial charge < -0.3 is 14.8 Å². The summed E-state index contributed by atoms with van der Waals surface area (Å²) in [4.78, 5) is 12.5. The van der Waals surface area contributed by atoms with Crippen LogP contribution in [0.5, 0.6) is 0 Å². The lowest BCUT2D eigenvalue weighted by Crippen LogP contribution is -2.50. The van der Waals surface area contributed by atoms with E-state index < -0.39 is 5.54 Å². The van der Waals surface area contributed by atoms with Crippen molar-refractivity contribution < 1.29 is 14.3 Å². The van der Waals surface area contributed by atoms with Crippen LogP contribution in [0.3, 0.4) is 0 Å². The zero-order chi connectivity index (χ0) is 17.5. The van der Waals surface area contributed by atoms with Gasteiger partial charge in [0.15, 0.2) is 0 Å². The maximum absolute atomic E-state index is 12.5. The zero-order valence-electron chi connectivity index (χ0n) is 14.0. The number of rotatable bonds is 6. The summed E-state index contributed by atoms with van der Waals surface area (Å²) < 4.78 is 12.1. The Labute approximate surface area is 156 Å². The first-order valence-corrected chi connectivity index (χ1v) is 9.24. The molecule has 1 N–H and O–H groups in total. The van der Waals surface area contributed by atoms with Crippen molar-refractivity contribution in [3.63, 3.8) is 0 Å². The van der Waals surface area contributed by atoms with Crippen LogP contribution in [-0.2, 0) is 26.4 Å². The maximum atomic E-state index is 12.5. The van der Waals surface area contributed by atoms with Gasteiger partial charge in [0.1, 0.15) is 6.61 Å². The summed E-state index contributed by atoms with van der Waals surface area (Å²) >= 11 is 3.52. The van der Waals surface area contributed by atoms with E-state index in [4.69, 9.17) is 9.47 Å². The highest BCUT2D eigenvalue weighted by molar-refractivity contribution is 9.10. The van der Waals surface area contributed by atoms with Crippen molar-refractivity contribution >= 4 is 21.8 Å². The van der Waals surface area contributed by atoms with E-state index in [-0.39, 0.29) is 12.5 Å². The number of carbonyl (C=O) groups excluding carboxylic acids is 1. The van der Waals surface area contributed by atoms with Crippen molar-refractivity contribution in [2.45, 2.75) is 25.0 Å². The molecule has 0 bridgehead atoms. The molecule has 25 heavy (non-hydrogen) atoms. The monoisotopic (exact) mass is 403 g/mol. The standard InChI is InChI=1S/C20H22BrNO3/c21-18-8-4-7-17(13-18)20(9-11-24-12-10-20)22-19(23)15-25-14-16-5-2-1-3-6-16/h1-8,13H,9-12,14-15H2,(H,22,23). The SMILES string of the molecule is O=C(COCc1ccccc1)NC1(c2cccc(Br)c2)CCOCC1. The largest absolute Gasteiger partial charge is 0.381 e. The quantitative estimate of drug-likeness (QED) is 0.797. The average molecular weight is 404 g/mol. The molecule has 0 atom stereocenters. The molecule has 0 spiro atoms. The Morgan fingerprint density at radius 3 is 2.60 bits per heavy atom. The van der Waals surface area contributed by atoms with Gasteiger partial charge in [0.25, 0.3) is 0 Å². The molecule has 5 heteroatoms. The van der Waals surface area contributed by atoms with Gasteiger partial charge in [-0.1, -0.05) is 58.4 Å². The summed E-state index contributed by atoms with van der Waals surface area (Å²) in [6, 6.07) is 18.0. The normalized spacial score (nSPS) is 16.4. The van der Waals surface area contributed by atoms with Gasteiger partial charge in [0.05, 0.1) is 12.1 Å². The van der Waals surface area contributed by atoms with Gasteiger partial charge in [-0.2, -0.15) is 0 Å². The number of halogens is 1.